The van der Waals surface area contributed by atoms with Crippen LogP contribution < -0.4 is 5.32 Å². The highest BCUT2D eigenvalue weighted by Crippen LogP contribution is 2.26. The van der Waals surface area contributed by atoms with Crippen LogP contribution in [0.15, 0.2) is 18.2 Å². The number of ether oxygens (including phenoxy) is 1. The first-order valence-electron chi connectivity index (χ1n) is 9.79. The van der Waals surface area contributed by atoms with E-state index in [0.717, 1.165) is 25.7 Å². The lowest BCUT2D eigenvalue weighted by atomic mass is 10.0. The minimum Gasteiger partial charge on any atom is -0.376 e. The van der Waals surface area contributed by atoms with Crippen LogP contribution in [-0.4, -0.2) is 47.9 Å². The normalized spacial score (nSPS) is 20.3. The van der Waals surface area contributed by atoms with Gasteiger partial charge >= 0.3 is 0 Å². The van der Waals surface area contributed by atoms with Gasteiger partial charge in [-0.3, -0.25) is 19.3 Å². The molecule has 3 rings (SSSR count). The van der Waals surface area contributed by atoms with E-state index in [1.54, 1.807) is 12.1 Å². The Kier molecular flexibility index (Phi) is 5.95. The summed E-state index contributed by atoms with van der Waals surface area (Å²) in [7, 11) is 0. The predicted molar refractivity (Wildman–Crippen MR) is 102 cm³/mol. The molecule has 1 saturated heterocycles. The zero-order valence-corrected chi connectivity index (χ0v) is 16.3. The lowest BCUT2D eigenvalue weighted by molar-refractivity contribution is 0.0475. The van der Waals surface area contributed by atoms with Gasteiger partial charge in [-0.2, -0.15) is 0 Å². The third kappa shape index (κ3) is 4.38. The van der Waals surface area contributed by atoms with Crippen LogP contribution in [0.4, 0.5) is 0 Å². The smallest absolute Gasteiger partial charge is 0.261 e. The van der Waals surface area contributed by atoms with E-state index in [1.807, 2.05) is 6.92 Å². The summed E-state index contributed by atoms with van der Waals surface area (Å²) in [6, 6.07) is 4.79. The fraction of sp³-hybridized carbons (Fsp3) is 0.571. The quantitative estimate of drug-likeness (QED) is 0.747. The Morgan fingerprint density at radius 1 is 1.19 bits per heavy atom. The van der Waals surface area contributed by atoms with Gasteiger partial charge in [0.25, 0.3) is 17.7 Å². The van der Waals surface area contributed by atoms with Crippen LogP contribution in [0.25, 0.3) is 0 Å². The second kappa shape index (κ2) is 8.21. The minimum atomic E-state index is -0.340. The number of hydrogen-bond acceptors (Lipinski definition) is 4. The van der Waals surface area contributed by atoms with Crippen LogP contribution in [-0.2, 0) is 4.74 Å². The Labute approximate surface area is 160 Å². The highest BCUT2D eigenvalue weighted by molar-refractivity contribution is 6.22. The Bertz CT molecular complexity index is 738. The van der Waals surface area contributed by atoms with Crippen molar-refractivity contribution in [2.24, 2.45) is 5.92 Å². The van der Waals surface area contributed by atoms with Crippen molar-refractivity contribution in [2.75, 3.05) is 13.2 Å². The molecule has 27 heavy (non-hydrogen) atoms. The molecule has 146 valence electrons. The number of hydrogen-bond donors (Lipinski definition) is 1. The molecule has 0 radical (unpaired) electrons. The largest absolute Gasteiger partial charge is 0.376 e. The SMILES string of the molecule is CC(C)CCC(C)NC(=O)c1ccc2c(c1)C(=O)N(CC1CCCO1)C2=O. The second-order valence-corrected chi connectivity index (χ2v) is 7.96. The summed E-state index contributed by atoms with van der Waals surface area (Å²) >= 11 is 0. The number of fused-ring (bicyclic) bond motifs is 1. The molecule has 0 saturated carbocycles. The van der Waals surface area contributed by atoms with Gasteiger partial charge in [-0.1, -0.05) is 13.8 Å². The average molecular weight is 372 g/mol. The first-order valence-corrected chi connectivity index (χ1v) is 9.79. The van der Waals surface area contributed by atoms with Gasteiger partial charge in [0.2, 0.25) is 0 Å². The van der Waals surface area contributed by atoms with Crippen molar-refractivity contribution < 1.29 is 19.1 Å². The summed E-state index contributed by atoms with van der Waals surface area (Å²) in [5.74, 6) is -0.273. The molecule has 0 aliphatic carbocycles. The van der Waals surface area contributed by atoms with Gasteiger partial charge in [-0.25, -0.2) is 0 Å². The summed E-state index contributed by atoms with van der Waals surface area (Å²) in [6.45, 7) is 7.24. The van der Waals surface area contributed by atoms with Gasteiger partial charge in [0, 0.05) is 18.2 Å². The Morgan fingerprint density at radius 2 is 1.93 bits per heavy atom. The zero-order chi connectivity index (χ0) is 19.6. The number of carbonyl (C=O) groups is 3. The predicted octanol–water partition coefficient (Wildman–Crippen LogP) is 3.02. The molecule has 2 heterocycles. The van der Waals surface area contributed by atoms with E-state index in [2.05, 4.69) is 19.2 Å². The molecule has 0 bridgehead atoms. The van der Waals surface area contributed by atoms with E-state index >= 15 is 0 Å². The third-order valence-electron chi connectivity index (χ3n) is 5.20. The Hall–Kier alpha value is -2.21. The van der Waals surface area contributed by atoms with Crippen molar-refractivity contribution in [1.29, 1.82) is 0 Å². The highest BCUT2D eigenvalue weighted by Gasteiger charge is 2.37. The molecule has 2 aliphatic rings. The molecule has 1 aromatic rings. The van der Waals surface area contributed by atoms with E-state index in [4.69, 9.17) is 4.74 Å². The van der Waals surface area contributed by atoms with Crippen molar-refractivity contribution in [1.82, 2.24) is 10.2 Å². The lowest BCUT2D eigenvalue weighted by Gasteiger charge is -2.17. The molecular formula is C21H28N2O4. The van der Waals surface area contributed by atoms with Crippen molar-refractivity contribution in [3.63, 3.8) is 0 Å². The van der Waals surface area contributed by atoms with Crippen LogP contribution in [0, 0.1) is 5.92 Å². The highest BCUT2D eigenvalue weighted by atomic mass is 16.5. The molecule has 2 atom stereocenters. The molecule has 1 aromatic carbocycles. The lowest BCUT2D eigenvalue weighted by Crippen LogP contribution is -2.36. The van der Waals surface area contributed by atoms with Crippen molar-refractivity contribution >= 4 is 17.7 Å². The third-order valence-corrected chi connectivity index (χ3v) is 5.20. The maximum absolute atomic E-state index is 12.7. The summed E-state index contributed by atoms with van der Waals surface area (Å²) in [4.78, 5) is 39.0. The second-order valence-electron chi connectivity index (χ2n) is 7.96. The minimum absolute atomic E-state index is 0.0569. The molecule has 0 spiro atoms. The van der Waals surface area contributed by atoms with E-state index < -0.39 is 0 Å². The topological polar surface area (TPSA) is 75.7 Å². The van der Waals surface area contributed by atoms with E-state index in [-0.39, 0.29) is 36.4 Å². The van der Waals surface area contributed by atoms with E-state index in [9.17, 15) is 14.4 Å². The van der Waals surface area contributed by atoms with Crippen LogP contribution in [0.3, 0.4) is 0 Å². The monoisotopic (exact) mass is 372 g/mol. The summed E-state index contributed by atoms with van der Waals surface area (Å²) in [5.41, 5.74) is 1.08. The summed E-state index contributed by atoms with van der Waals surface area (Å²) in [6.07, 6.45) is 3.66. The van der Waals surface area contributed by atoms with Crippen LogP contribution >= 0.6 is 0 Å². The standard InChI is InChI=1S/C21H28N2O4/c1-13(2)6-7-14(3)22-19(24)15-8-9-17-18(11-15)21(26)23(20(17)25)12-16-5-4-10-27-16/h8-9,11,13-14,16H,4-7,10,12H2,1-3H3,(H,22,24). The average Bonchev–Trinajstić information content (AvgIpc) is 3.23. The first-order chi connectivity index (χ1) is 12.9. The van der Waals surface area contributed by atoms with Gasteiger partial charge in [-0.15, -0.1) is 0 Å². The summed E-state index contributed by atoms with van der Waals surface area (Å²) < 4.78 is 5.55. The van der Waals surface area contributed by atoms with Crippen molar-refractivity contribution in [3.05, 3.63) is 34.9 Å². The number of amides is 3. The first kappa shape index (κ1) is 19.5. The fourth-order valence-corrected chi connectivity index (χ4v) is 3.55. The number of imide groups is 1. The number of nitrogens with zero attached hydrogens (tertiary/aromatic N) is 1. The van der Waals surface area contributed by atoms with Crippen LogP contribution in [0.2, 0.25) is 0 Å². The maximum atomic E-state index is 12.7. The fourth-order valence-electron chi connectivity index (χ4n) is 3.55. The molecule has 1 fully saturated rings. The number of rotatable bonds is 7. The van der Waals surface area contributed by atoms with Crippen molar-refractivity contribution in [2.45, 2.75) is 58.6 Å². The molecular weight excluding hydrogens is 344 g/mol. The molecule has 6 nitrogen and oxygen atoms in total. The van der Waals surface area contributed by atoms with Gasteiger partial charge < -0.3 is 10.1 Å². The maximum Gasteiger partial charge on any atom is 0.261 e. The van der Waals surface area contributed by atoms with Crippen molar-refractivity contribution in [3.8, 4) is 0 Å². The van der Waals surface area contributed by atoms with Crippen LogP contribution in [0.1, 0.15) is 77.5 Å². The zero-order valence-electron chi connectivity index (χ0n) is 16.3. The number of carbonyl (C=O) groups excluding carboxylic acids is 3. The number of nitrogens with one attached hydrogen (secondary N) is 1. The molecule has 6 heteroatoms. The van der Waals surface area contributed by atoms with E-state index in [1.165, 1.54) is 11.0 Å². The van der Waals surface area contributed by atoms with Crippen LogP contribution in [0.5, 0.6) is 0 Å². The van der Waals surface area contributed by atoms with E-state index in [0.29, 0.717) is 29.2 Å². The molecule has 0 aromatic heterocycles. The van der Waals surface area contributed by atoms with Gasteiger partial charge in [-0.05, 0) is 56.7 Å². The molecule has 1 N–H and O–H groups in total. The van der Waals surface area contributed by atoms with Gasteiger partial charge in [0.1, 0.15) is 0 Å². The molecule has 2 unspecified atom stereocenters. The Balaban J connectivity index is 1.68. The van der Waals surface area contributed by atoms with Gasteiger partial charge in [0.15, 0.2) is 0 Å². The molecule has 2 aliphatic heterocycles. The Morgan fingerprint density at radius 3 is 2.59 bits per heavy atom. The van der Waals surface area contributed by atoms with Gasteiger partial charge in [0.05, 0.1) is 23.8 Å². The molecule has 3 amide bonds. The summed E-state index contributed by atoms with van der Waals surface area (Å²) in [5, 5.41) is 2.97. The number of benzene rings is 1.